The van der Waals surface area contributed by atoms with Gasteiger partial charge in [-0.05, 0) is 53.8 Å². The second-order valence-corrected chi connectivity index (χ2v) is 16.1. The summed E-state index contributed by atoms with van der Waals surface area (Å²) in [4.78, 5) is 40.2. The van der Waals surface area contributed by atoms with E-state index in [1.807, 2.05) is 0 Å². The number of pyridine rings is 1. The van der Waals surface area contributed by atoms with E-state index in [0.717, 1.165) is 38.2 Å². The van der Waals surface area contributed by atoms with E-state index in [0.29, 0.717) is 52.9 Å². The average molecular weight is 849 g/mol. The lowest BCUT2D eigenvalue weighted by molar-refractivity contribution is -0.143. The zero-order valence-electron chi connectivity index (χ0n) is 31.4. The maximum atomic E-state index is 15.6. The van der Waals surface area contributed by atoms with Crippen LogP contribution in [0.15, 0.2) is 42.5 Å². The number of nitrogens with two attached hydrogens (primary N) is 1. The quantitative estimate of drug-likeness (QED) is 0.151. The maximum Gasteiger partial charge on any atom is 0.435 e. The van der Waals surface area contributed by atoms with E-state index in [1.54, 1.807) is 6.07 Å². The number of benzene rings is 2. The minimum Gasteiger partial charge on any atom is -0.378 e. The van der Waals surface area contributed by atoms with Gasteiger partial charge in [0.1, 0.15) is 29.7 Å². The molecule has 2 aromatic carbocycles. The highest BCUT2D eigenvalue weighted by atomic mass is 32.1. The zero-order valence-corrected chi connectivity index (χ0v) is 32.2. The van der Waals surface area contributed by atoms with E-state index >= 15 is 8.78 Å². The number of carbonyl (C=O) groups excluding carboxylic acids is 2. The molecule has 0 spiro atoms. The normalized spacial score (nSPS) is 20.1. The largest absolute Gasteiger partial charge is 0.435 e. The van der Waals surface area contributed by atoms with Crippen LogP contribution in [-0.2, 0) is 34.6 Å². The number of primary amides is 1. The summed E-state index contributed by atoms with van der Waals surface area (Å²) >= 11 is 1.30. The van der Waals surface area contributed by atoms with Crippen LogP contribution in [0.4, 0.5) is 40.3 Å². The molecule has 2 aliphatic heterocycles. The van der Waals surface area contributed by atoms with Crippen molar-refractivity contribution in [2.45, 2.75) is 56.9 Å². The van der Waals surface area contributed by atoms with Crippen molar-refractivity contribution >= 4 is 38.6 Å². The van der Waals surface area contributed by atoms with E-state index in [4.69, 9.17) is 20.4 Å². The molecule has 1 aliphatic carbocycles. The number of rotatable bonds is 10. The lowest BCUT2D eigenvalue weighted by Crippen LogP contribution is -2.56. The predicted octanol–water partition coefficient (Wildman–Crippen LogP) is 6.56. The molecular formula is C39H36F8N8O3S. The first kappa shape index (κ1) is 40.6. The number of hydrogen-bond acceptors (Lipinski definition) is 9. The lowest BCUT2D eigenvalue weighted by atomic mass is 9.94. The number of nitrogens with one attached hydrogen (secondary N) is 1. The topological polar surface area (TPSA) is 132 Å². The Kier molecular flexibility index (Phi) is 10.4. The molecule has 2 saturated heterocycles. The molecule has 11 nitrogen and oxygen atoms in total. The van der Waals surface area contributed by atoms with Gasteiger partial charge in [0.25, 0.3) is 11.8 Å². The summed E-state index contributed by atoms with van der Waals surface area (Å²) in [5.41, 5.74) is 2.34. The van der Waals surface area contributed by atoms with Crippen molar-refractivity contribution in [3.05, 3.63) is 93.7 Å². The first-order chi connectivity index (χ1) is 27.9. The summed E-state index contributed by atoms with van der Waals surface area (Å²) in [6, 6.07) is 6.76. The number of alkyl halides is 5. The molecule has 3 aliphatic rings. The second-order valence-electron chi connectivity index (χ2n) is 15.1. The Hall–Kier alpha value is -5.21. The van der Waals surface area contributed by atoms with Crippen molar-refractivity contribution < 1.29 is 49.4 Å². The third-order valence-corrected chi connectivity index (χ3v) is 12.4. The van der Waals surface area contributed by atoms with Gasteiger partial charge in [-0.2, -0.15) is 32.0 Å². The molecule has 0 unspecified atom stereocenters. The fourth-order valence-corrected chi connectivity index (χ4v) is 9.01. The number of aromatic nitrogens is 4. The molecule has 8 rings (SSSR count). The van der Waals surface area contributed by atoms with Crippen LogP contribution in [0.1, 0.15) is 64.4 Å². The van der Waals surface area contributed by atoms with Gasteiger partial charge in [0.15, 0.2) is 16.5 Å². The Bertz CT molecular complexity index is 2440. The number of piperazine rings is 1. The maximum absolute atomic E-state index is 15.6. The van der Waals surface area contributed by atoms with Gasteiger partial charge in [-0.3, -0.25) is 19.2 Å². The smallest absolute Gasteiger partial charge is 0.378 e. The minimum atomic E-state index is -5.11. The van der Waals surface area contributed by atoms with E-state index in [-0.39, 0.29) is 34.5 Å². The lowest BCUT2D eigenvalue weighted by Gasteiger charge is -2.42. The van der Waals surface area contributed by atoms with Gasteiger partial charge in [-0.1, -0.05) is 31.3 Å². The molecule has 3 N–H and O–H groups in total. The molecule has 59 heavy (non-hydrogen) atoms. The SMILES string of the molecule is C[C@@H]1c2c(C(F)(F)F)nn(CC(=O)N[C@@H](Cc3cc(F)cc(F)c3)c3nc4nc(N5CCN(C6COC6)CC5)sc4cc3-c3ccc(F)c(C(N)=O)c3)c2C(F)(F)[C@@H]1C. The molecule has 0 saturated carbocycles. The van der Waals surface area contributed by atoms with Gasteiger partial charge in [0, 0.05) is 49.3 Å². The zero-order chi connectivity index (χ0) is 42.1. The van der Waals surface area contributed by atoms with Crippen molar-refractivity contribution in [1.82, 2.24) is 30.0 Å². The van der Waals surface area contributed by atoms with Gasteiger partial charge >= 0.3 is 6.18 Å². The summed E-state index contributed by atoms with van der Waals surface area (Å²) in [6.07, 6.45) is -5.49. The van der Waals surface area contributed by atoms with Crippen molar-refractivity contribution in [2.24, 2.45) is 11.7 Å². The van der Waals surface area contributed by atoms with E-state index in [1.165, 1.54) is 30.4 Å². The first-order valence-corrected chi connectivity index (χ1v) is 19.5. The number of nitrogens with zero attached hydrogens (tertiary/aromatic N) is 6. The fourth-order valence-electron chi connectivity index (χ4n) is 8.01. The number of halogens is 8. The van der Waals surface area contributed by atoms with E-state index in [2.05, 4.69) is 20.2 Å². The van der Waals surface area contributed by atoms with Gasteiger partial charge in [-0.25, -0.2) is 18.2 Å². The fraction of sp³-hybridized carbons (Fsp3) is 0.410. The third-order valence-electron chi connectivity index (χ3n) is 11.3. The minimum absolute atomic E-state index is 0.00144. The monoisotopic (exact) mass is 848 g/mol. The molecule has 2 amide bonds. The highest BCUT2D eigenvalue weighted by molar-refractivity contribution is 7.22. The van der Waals surface area contributed by atoms with Crippen LogP contribution in [-0.4, -0.2) is 81.9 Å². The van der Waals surface area contributed by atoms with Gasteiger partial charge in [0.05, 0.1) is 41.3 Å². The highest BCUT2D eigenvalue weighted by Crippen LogP contribution is 2.55. The predicted molar refractivity (Wildman–Crippen MR) is 199 cm³/mol. The van der Waals surface area contributed by atoms with Crippen LogP contribution in [0.25, 0.3) is 21.5 Å². The molecule has 3 aromatic heterocycles. The van der Waals surface area contributed by atoms with Crippen molar-refractivity contribution in [3.8, 4) is 11.1 Å². The standard InChI is InChI=1S/C39H36F8N8O3S/c1-18-19(2)38(43,44)34-31(18)33(39(45,46)47)52-55(34)15-30(56)49-28(11-20-9-22(40)13-23(41)10-20)32-25(21-3-4-27(42)26(12-21)35(48)57)14-29-36(50-32)51-37(59-29)54-7-5-53(6-8-54)24-16-58-17-24/h3-4,9-10,12-14,18-19,24,28H,5-8,11,15-17H2,1-2H3,(H2,48,57)(H,49,56)/t18-,19+,28-/m0/s1. The molecule has 312 valence electrons. The Labute approximate surface area is 335 Å². The highest BCUT2D eigenvalue weighted by Gasteiger charge is 2.57. The Balaban J connectivity index is 1.22. The van der Waals surface area contributed by atoms with Crippen LogP contribution in [0.5, 0.6) is 0 Å². The third kappa shape index (κ3) is 7.61. The molecule has 5 heterocycles. The number of fused-ring (bicyclic) bond motifs is 2. The molecule has 2 fully saturated rings. The van der Waals surface area contributed by atoms with Crippen LogP contribution in [0.3, 0.4) is 0 Å². The number of carbonyl (C=O) groups is 2. The van der Waals surface area contributed by atoms with E-state index in [9.17, 15) is 35.9 Å². The van der Waals surface area contributed by atoms with Crippen LogP contribution < -0.4 is 16.0 Å². The molecule has 5 aromatic rings. The number of amides is 2. The molecule has 0 radical (unpaired) electrons. The molecule has 20 heteroatoms. The summed E-state index contributed by atoms with van der Waals surface area (Å²) in [5, 5.41) is 6.70. The van der Waals surface area contributed by atoms with Crippen LogP contribution in [0, 0.1) is 23.4 Å². The molecule has 3 atom stereocenters. The molecular weight excluding hydrogens is 813 g/mol. The first-order valence-electron chi connectivity index (χ1n) is 18.7. The second kappa shape index (κ2) is 15.1. The Morgan fingerprint density at radius 3 is 2.32 bits per heavy atom. The van der Waals surface area contributed by atoms with E-state index < -0.39 is 88.3 Å². The Morgan fingerprint density at radius 2 is 1.69 bits per heavy atom. The van der Waals surface area contributed by atoms with Gasteiger partial charge in [-0.15, -0.1) is 0 Å². The van der Waals surface area contributed by atoms with Crippen molar-refractivity contribution in [3.63, 3.8) is 0 Å². The van der Waals surface area contributed by atoms with Gasteiger partial charge in [0.2, 0.25) is 5.91 Å². The van der Waals surface area contributed by atoms with Gasteiger partial charge < -0.3 is 20.7 Å². The summed E-state index contributed by atoms with van der Waals surface area (Å²) in [5.74, 6) is -11.6. The summed E-state index contributed by atoms with van der Waals surface area (Å²) in [6.45, 7) is 5.38. The van der Waals surface area contributed by atoms with Crippen LogP contribution >= 0.6 is 11.3 Å². The summed E-state index contributed by atoms with van der Waals surface area (Å²) < 4.78 is 124. The Morgan fingerprint density at radius 1 is 1.00 bits per heavy atom. The number of hydrogen-bond donors (Lipinski definition) is 2. The molecule has 0 bridgehead atoms. The number of anilines is 1. The van der Waals surface area contributed by atoms with Crippen molar-refractivity contribution in [1.29, 1.82) is 0 Å². The van der Waals surface area contributed by atoms with Crippen molar-refractivity contribution in [2.75, 3.05) is 44.3 Å². The number of ether oxygens (including phenoxy) is 1. The average Bonchev–Trinajstić information content (AvgIpc) is 3.79. The van der Waals surface area contributed by atoms with Crippen LogP contribution in [0.2, 0.25) is 0 Å². The number of thiazole rings is 1. The summed E-state index contributed by atoms with van der Waals surface area (Å²) in [7, 11) is 0.